The number of benzene rings is 1. The summed E-state index contributed by atoms with van der Waals surface area (Å²) in [5, 5.41) is 10.3. The summed E-state index contributed by atoms with van der Waals surface area (Å²) < 4.78 is 0. The van der Waals surface area contributed by atoms with E-state index in [-0.39, 0.29) is 0 Å². The van der Waals surface area contributed by atoms with E-state index in [0.717, 1.165) is 25.5 Å². The molecule has 6 nitrogen and oxygen atoms in total. The number of anilines is 2. The van der Waals surface area contributed by atoms with Crippen LogP contribution >= 0.6 is 0 Å². The first-order valence-electron chi connectivity index (χ1n) is 7.47. The van der Waals surface area contributed by atoms with Gasteiger partial charge >= 0.3 is 0 Å². The minimum absolute atomic E-state index is 0.414. The predicted molar refractivity (Wildman–Crippen MR) is 86.4 cm³/mol. The Morgan fingerprint density at radius 1 is 1.14 bits per heavy atom. The van der Waals surface area contributed by atoms with E-state index >= 15 is 0 Å². The predicted octanol–water partition coefficient (Wildman–Crippen LogP) is 0.742. The zero-order valence-corrected chi connectivity index (χ0v) is 12.5. The molecular weight excluding hydrogens is 278 g/mol. The topological polar surface area (TPSA) is 78.5 Å². The first kappa shape index (κ1) is 14.7. The van der Waals surface area contributed by atoms with E-state index in [1.807, 2.05) is 18.2 Å². The van der Waals surface area contributed by atoms with Crippen molar-refractivity contribution in [2.75, 3.05) is 36.8 Å². The molecule has 0 spiro atoms. The molecule has 1 aromatic heterocycles. The van der Waals surface area contributed by atoms with Crippen molar-refractivity contribution < 1.29 is 5.11 Å². The van der Waals surface area contributed by atoms with Crippen LogP contribution in [0.2, 0.25) is 0 Å². The fraction of sp³-hybridized carbons (Fsp3) is 0.375. The molecule has 116 valence electrons. The first-order valence-corrected chi connectivity index (χ1v) is 7.47. The van der Waals surface area contributed by atoms with Crippen molar-refractivity contribution in [1.29, 1.82) is 0 Å². The summed E-state index contributed by atoms with van der Waals surface area (Å²) >= 11 is 0. The maximum absolute atomic E-state index is 10.3. The van der Waals surface area contributed by atoms with Crippen LogP contribution in [0.15, 0.2) is 42.7 Å². The highest BCUT2D eigenvalue weighted by Crippen LogP contribution is 2.16. The lowest BCUT2D eigenvalue weighted by Gasteiger charge is -2.22. The molecule has 6 heteroatoms. The summed E-state index contributed by atoms with van der Waals surface area (Å²) in [6, 6.07) is 12.1. The first-order chi connectivity index (χ1) is 10.7. The molecule has 0 aliphatic carbocycles. The van der Waals surface area contributed by atoms with Crippen LogP contribution in [0, 0.1) is 0 Å². The largest absolute Gasteiger partial charge is 0.390 e. The number of β-amino-alcohol motifs (C(OH)–C–C–N with tert-alkyl or cyclic N) is 1. The van der Waals surface area contributed by atoms with E-state index in [1.54, 1.807) is 6.07 Å². The second kappa shape index (κ2) is 6.72. The number of aromatic nitrogens is 2. The van der Waals surface area contributed by atoms with Crippen LogP contribution in [0.5, 0.6) is 0 Å². The van der Waals surface area contributed by atoms with Gasteiger partial charge in [-0.25, -0.2) is 9.97 Å². The van der Waals surface area contributed by atoms with Crippen molar-refractivity contribution in [1.82, 2.24) is 14.9 Å². The second-order valence-corrected chi connectivity index (χ2v) is 5.62. The zero-order valence-electron chi connectivity index (χ0n) is 12.5. The van der Waals surface area contributed by atoms with E-state index in [0.29, 0.717) is 18.9 Å². The lowest BCUT2D eigenvalue weighted by Crippen LogP contribution is -2.33. The number of aliphatic hydroxyl groups is 1. The van der Waals surface area contributed by atoms with Crippen LogP contribution < -0.4 is 10.6 Å². The summed E-state index contributed by atoms with van der Waals surface area (Å²) in [4.78, 5) is 12.5. The average Bonchev–Trinajstić information content (AvgIpc) is 2.70. The van der Waals surface area contributed by atoms with E-state index in [2.05, 4.69) is 31.9 Å². The van der Waals surface area contributed by atoms with Crippen LogP contribution in [0.25, 0.3) is 0 Å². The maximum Gasteiger partial charge on any atom is 0.134 e. The number of nitrogen functional groups attached to an aromatic ring is 1. The van der Waals surface area contributed by atoms with Crippen LogP contribution in [-0.4, -0.2) is 52.3 Å². The fourth-order valence-electron chi connectivity index (χ4n) is 2.78. The summed E-state index contributed by atoms with van der Waals surface area (Å²) in [5.41, 5.74) is 6.98. The van der Waals surface area contributed by atoms with Gasteiger partial charge in [-0.2, -0.15) is 0 Å². The molecular formula is C16H21N5O. The van der Waals surface area contributed by atoms with Gasteiger partial charge in [0.15, 0.2) is 0 Å². The third kappa shape index (κ3) is 3.72. The van der Waals surface area contributed by atoms with Gasteiger partial charge in [-0.1, -0.05) is 30.3 Å². The Bertz CT molecular complexity index is 606. The van der Waals surface area contributed by atoms with Gasteiger partial charge in [0.25, 0.3) is 0 Å². The Balaban J connectivity index is 1.67. The van der Waals surface area contributed by atoms with Gasteiger partial charge in [-0.3, -0.25) is 4.90 Å². The van der Waals surface area contributed by atoms with Gasteiger partial charge in [-0.05, 0) is 5.56 Å². The Morgan fingerprint density at radius 2 is 1.95 bits per heavy atom. The lowest BCUT2D eigenvalue weighted by molar-refractivity contribution is 0.129. The number of aliphatic hydroxyl groups excluding tert-OH is 1. The molecule has 2 heterocycles. The molecule has 0 bridgehead atoms. The number of nitrogens with two attached hydrogens (primary N) is 1. The molecule has 2 aromatic rings. The molecule has 22 heavy (non-hydrogen) atoms. The molecule has 1 aliphatic rings. The minimum Gasteiger partial charge on any atom is -0.390 e. The molecule has 0 radical (unpaired) electrons. The Hall–Kier alpha value is -2.18. The normalized spacial score (nSPS) is 19.9. The summed E-state index contributed by atoms with van der Waals surface area (Å²) in [6.45, 7) is 3.74. The zero-order chi connectivity index (χ0) is 15.4. The van der Waals surface area contributed by atoms with Crippen molar-refractivity contribution >= 4 is 11.6 Å². The van der Waals surface area contributed by atoms with Crippen LogP contribution in [0.3, 0.4) is 0 Å². The van der Waals surface area contributed by atoms with Crippen molar-refractivity contribution in [3.8, 4) is 0 Å². The molecule has 0 unspecified atom stereocenters. The van der Waals surface area contributed by atoms with Gasteiger partial charge in [0.1, 0.15) is 18.0 Å². The third-order valence-electron chi connectivity index (χ3n) is 3.83. The standard InChI is InChI=1S/C16H21N5O/c17-15-8-16(19-12-18-15)21-7-6-20(10-14(22)11-21)9-13-4-2-1-3-5-13/h1-5,8,12,14,22H,6-7,9-11H2,(H2,17,18,19)/t14-/m1/s1. The molecule has 1 aliphatic heterocycles. The fourth-order valence-corrected chi connectivity index (χ4v) is 2.78. The quantitative estimate of drug-likeness (QED) is 0.870. The van der Waals surface area contributed by atoms with Crippen molar-refractivity contribution in [2.45, 2.75) is 12.6 Å². The van der Waals surface area contributed by atoms with Crippen molar-refractivity contribution in [3.63, 3.8) is 0 Å². The number of rotatable bonds is 3. The Labute approximate surface area is 130 Å². The molecule has 1 aromatic carbocycles. The highest BCUT2D eigenvalue weighted by atomic mass is 16.3. The van der Waals surface area contributed by atoms with Gasteiger partial charge < -0.3 is 15.7 Å². The molecule has 0 amide bonds. The average molecular weight is 299 g/mol. The Kier molecular flexibility index (Phi) is 4.50. The highest BCUT2D eigenvalue weighted by molar-refractivity contribution is 5.46. The van der Waals surface area contributed by atoms with Gasteiger partial charge in [-0.15, -0.1) is 0 Å². The van der Waals surface area contributed by atoms with Gasteiger partial charge in [0, 0.05) is 38.8 Å². The minimum atomic E-state index is -0.414. The van der Waals surface area contributed by atoms with E-state index < -0.39 is 6.10 Å². The molecule has 0 saturated carbocycles. The Morgan fingerprint density at radius 3 is 2.73 bits per heavy atom. The highest BCUT2D eigenvalue weighted by Gasteiger charge is 2.22. The SMILES string of the molecule is Nc1cc(N2CCN(Cc3ccccc3)C[C@@H](O)C2)ncn1. The smallest absolute Gasteiger partial charge is 0.134 e. The summed E-state index contributed by atoms with van der Waals surface area (Å²) in [5.74, 6) is 1.22. The van der Waals surface area contributed by atoms with E-state index in [1.165, 1.54) is 11.9 Å². The van der Waals surface area contributed by atoms with E-state index in [4.69, 9.17) is 5.73 Å². The van der Waals surface area contributed by atoms with E-state index in [9.17, 15) is 5.11 Å². The summed E-state index contributed by atoms with van der Waals surface area (Å²) in [7, 11) is 0. The molecule has 3 rings (SSSR count). The van der Waals surface area contributed by atoms with Gasteiger partial charge in [0.05, 0.1) is 6.10 Å². The van der Waals surface area contributed by atoms with Gasteiger partial charge in [0.2, 0.25) is 0 Å². The third-order valence-corrected chi connectivity index (χ3v) is 3.83. The van der Waals surface area contributed by atoms with Crippen LogP contribution in [-0.2, 0) is 6.54 Å². The number of hydrogen-bond acceptors (Lipinski definition) is 6. The molecule has 1 fully saturated rings. The second-order valence-electron chi connectivity index (χ2n) is 5.62. The lowest BCUT2D eigenvalue weighted by atomic mass is 10.2. The molecule has 1 atom stereocenters. The monoisotopic (exact) mass is 299 g/mol. The maximum atomic E-state index is 10.3. The van der Waals surface area contributed by atoms with Crippen molar-refractivity contribution in [2.24, 2.45) is 0 Å². The number of hydrogen-bond donors (Lipinski definition) is 2. The molecule has 3 N–H and O–H groups in total. The van der Waals surface area contributed by atoms with Crippen LogP contribution in [0.1, 0.15) is 5.56 Å². The van der Waals surface area contributed by atoms with Crippen LogP contribution in [0.4, 0.5) is 11.6 Å². The number of nitrogens with zero attached hydrogens (tertiary/aromatic N) is 4. The van der Waals surface area contributed by atoms with Crippen molar-refractivity contribution in [3.05, 3.63) is 48.3 Å². The molecule has 1 saturated heterocycles. The summed E-state index contributed by atoms with van der Waals surface area (Å²) in [6.07, 6.45) is 1.05.